The molecule has 4 aromatic rings. The molecule has 1 aliphatic rings. The van der Waals surface area contributed by atoms with E-state index < -0.39 is 11.7 Å². The summed E-state index contributed by atoms with van der Waals surface area (Å²) in [5.74, 6) is 0.116. The van der Waals surface area contributed by atoms with Gasteiger partial charge in [-0.2, -0.15) is 10.1 Å². The molecule has 0 amide bonds. The lowest BCUT2D eigenvalue weighted by molar-refractivity contribution is 0.543. The summed E-state index contributed by atoms with van der Waals surface area (Å²) in [6.07, 6.45) is -0.490. The smallest absolute Gasteiger partial charge is 0.300 e. The van der Waals surface area contributed by atoms with Crippen molar-refractivity contribution < 1.29 is 4.39 Å². The van der Waals surface area contributed by atoms with Crippen LogP contribution in [0, 0.1) is 5.82 Å². The summed E-state index contributed by atoms with van der Waals surface area (Å²) in [5.41, 5.74) is 2.83. The van der Waals surface area contributed by atoms with Gasteiger partial charge in [0.2, 0.25) is 0 Å². The average Bonchev–Trinajstić information content (AvgIpc) is 2.73. The summed E-state index contributed by atoms with van der Waals surface area (Å²) in [6, 6.07) is 23.1. The van der Waals surface area contributed by atoms with Crippen LogP contribution in [0.25, 0.3) is 22.6 Å². The third kappa shape index (κ3) is 2.66. The molecule has 3 aromatic carbocycles. The molecule has 5 rings (SSSR count). The lowest BCUT2D eigenvalue weighted by Crippen LogP contribution is -2.32. The number of fused-ring (bicyclic) bond motifs is 3. The molecule has 0 bridgehead atoms. The van der Waals surface area contributed by atoms with Crippen molar-refractivity contribution in [3.05, 3.63) is 101 Å². The Balaban J connectivity index is 1.77. The lowest BCUT2D eigenvalue weighted by Gasteiger charge is -2.30. The van der Waals surface area contributed by atoms with E-state index in [1.165, 1.54) is 12.1 Å². The van der Waals surface area contributed by atoms with E-state index in [1.54, 1.807) is 10.7 Å². The Morgan fingerprint density at radius 2 is 1.71 bits per heavy atom. The van der Waals surface area contributed by atoms with Crippen LogP contribution in [0.2, 0.25) is 0 Å². The van der Waals surface area contributed by atoms with Gasteiger partial charge in [0.15, 0.2) is 11.5 Å². The minimum absolute atomic E-state index is 0.256. The summed E-state index contributed by atoms with van der Waals surface area (Å²) < 4.78 is 15.5. The first-order valence-electron chi connectivity index (χ1n) is 8.88. The number of nitrogens with one attached hydrogen (secondary N) is 1. The molecule has 5 nitrogen and oxygen atoms in total. The summed E-state index contributed by atoms with van der Waals surface area (Å²) in [5, 5.41) is 8.01. The van der Waals surface area contributed by atoms with E-state index >= 15 is 0 Å². The molecule has 28 heavy (non-hydrogen) atoms. The molecule has 0 radical (unpaired) electrons. The molecule has 0 fully saturated rings. The third-order valence-corrected chi connectivity index (χ3v) is 4.75. The Morgan fingerprint density at radius 1 is 0.929 bits per heavy atom. The number of anilines is 1. The van der Waals surface area contributed by atoms with Gasteiger partial charge in [0.25, 0.3) is 5.56 Å². The van der Waals surface area contributed by atoms with Gasteiger partial charge in [-0.05, 0) is 29.8 Å². The molecule has 1 aromatic heterocycles. The fourth-order valence-corrected chi connectivity index (χ4v) is 3.45. The van der Waals surface area contributed by atoms with Crippen LogP contribution < -0.4 is 10.9 Å². The van der Waals surface area contributed by atoms with Crippen molar-refractivity contribution in [2.45, 2.75) is 6.17 Å². The highest BCUT2D eigenvalue weighted by atomic mass is 19.1. The SMILES string of the molecule is O=c1nc2n(nc1-c1ccccc1)[C@H](c1cccc(F)c1)Nc1ccccc1-2. The zero-order chi connectivity index (χ0) is 19.1. The predicted octanol–water partition coefficient (Wildman–Crippen LogP) is 4.08. The number of halogens is 1. The summed E-state index contributed by atoms with van der Waals surface area (Å²) in [7, 11) is 0. The van der Waals surface area contributed by atoms with Gasteiger partial charge in [0, 0.05) is 16.8 Å². The first-order chi connectivity index (χ1) is 13.7. The van der Waals surface area contributed by atoms with Gasteiger partial charge in [-0.25, -0.2) is 9.07 Å². The molecule has 136 valence electrons. The second kappa shape index (κ2) is 6.42. The zero-order valence-corrected chi connectivity index (χ0v) is 14.7. The Kier molecular flexibility index (Phi) is 3.76. The van der Waals surface area contributed by atoms with Gasteiger partial charge in [0.05, 0.1) is 0 Å². The largest absolute Gasteiger partial charge is 0.359 e. The van der Waals surface area contributed by atoms with Gasteiger partial charge in [-0.15, -0.1) is 0 Å². The van der Waals surface area contributed by atoms with Crippen molar-refractivity contribution in [3.63, 3.8) is 0 Å². The number of hydrogen-bond acceptors (Lipinski definition) is 4. The van der Waals surface area contributed by atoms with E-state index in [2.05, 4.69) is 15.4 Å². The van der Waals surface area contributed by atoms with Crippen LogP contribution in [0.15, 0.2) is 83.7 Å². The molecule has 2 heterocycles. The highest BCUT2D eigenvalue weighted by molar-refractivity contribution is 5.76. The molecular weight excluding hydrogens is 355 g/mol. The fourth-order valence-electron chi connectivity index (χ4n) is 3.45. The highest BCUT2D eigenvalue weighted by Crippen LogP contribution is 2.36. The third-order valence-electron chi connectivity index (χ3n) is 4.75. The zero-order valence-electron chi connectivity index (χ0n) is 14.7. The van der Waals surface area contributed by atoms with E-state index in [1.807, 2.05) is 60.7 Å². The maximum Gasteiger partial charge on any atom is 0.300 e. The molecule has 0 saturated carbocycles. The van der Waals surface area contributed by atoms with E-state index in [0.29, 0.717) is 17.0 Å². The van der Waals surface area contributed by atoms with Crippen molar-refractivity contribution in [2.24, 2.45) is 0 Å². The summed E-state index contributed by atoms with van der Waals surface area (Å²) in [4.78, 5) is 17.1. The first-order valence-corrected chi connectivity index (χ1v) is 8.88. The Morgan fingerprint density at radius 3 is 2.54 bits per heavy atom. The number of rotatable bonds is 2. The van der Waals surface area contributed by atoms with Crippen LogP contribution >= 0.6 is 0 Å². The van der Waals surface area contributed by atoms with Crippen molar-refractivity contribution in [1.29, 1.82) is 0 Å². The highest BCUT2D eigenvalue weighted by Gasteiger charge is 2.28. The number of aromatic nitrogens is 3. The Bertz CT molecular complexity index is 1240. The van der Waals surface area contributed by atoms with Gasteiger partial charge in [-0.3, -0.25) is 4.79 Å². The normalized spacial score (nSPS) is 14.7. The van der Waals surface area contributed by atoms with Crippen molar-refractivity contribution in [3.8, 4) is 22.6 Å². The van der Waals surface area contributed by atoms with E-state index in [0.717, 1.165) is 11.3 Å². The minimum Gasteiger partial charge on any atom is -0.359 e. The summed E-state index contributed by atoms with van der Waals surface area (Å²) >= 11 is 0. The Hall–Kier alpha value is -3.80. The Labute approximate surface area is 160 Å². The second-order valence-corrected chi connectivity index (χ2v) is 6.55. The lowest BCUT2D eigenvalue weighted by atomic mass is 10.1. The van der Waals surface area contributed by atoms with E-state index in [4.69, 9.17) is 0 Å². The van der Waals surface area contributed by atoms with Gasteiger partial charge in [-0.1, -0.05) is 54.6 Å². The minimum atomic E-state index is -0.490. The van der Waals surface area contributed by atoms with Crippen molar-refractivity contribution in [1.82, 2.24) is 14.8 Å². The second-order valence-electron chi connectivity index (χ2n) is 6.55. The number of nitrogens with zero attached hydrogens (tertiary/aromatic N) is 3. The molecular formula is C22H15FN4O. The number of hydrogen-bond donors (Lipinski definition) is 1. The average molecular weight is 370 g/mol. The molecule has 0 aliphatic carbocycles. The standard InChI is InChI=1S/C22H15FN4O/c23-16-10-6-9-15(13-16)20-24-18-12-5-4-11-17(18)21-25-22(28)19(26-27(20)21)14-7-2-1-3-8-14/h1-13,20,24H/t20-/m1/s1. The maximum atomic E-state index is 13.9. The van der Waals surface area contributed by atoms with E-state index in [9.17, 15) is 9.18 Å². The van der Waals surface area contributed by atoms with Crippen LogP contribution in [-0.2, 0) is 0 Å². The number of para-hydroxylation sites is 1. The monoisotopic (exact) mass is 370 g/mol. The molecule has 6 heteroatoms. The summed E-state index contributed by atoms with van der Waals surface area (Å²) in [6.45, 7) is 0. The predicted molar refractivity (Wildman–Crippen MR) is 105 cm³/mol. The van der Waals surface area contributed by atoms with Crippen LogP contribution in [0.4, 0.5) is 10.1 Å². The van der Waals surface area contributed by atoms with Crippen LogP contribution in [0.3, 0.4) is 0 Å². The van der Waals surface area contributed by atoms with Crippen molar-refractivity contribution in [2.75, 3.05) is 5.32 Å². The molecule has 1 aliphatic heterocycles. The topological polar surface area (TPSA) is 59.8 Å². The van der Waals surface area contributed by atoms with Gasteiger partial charge in [0.1, 0.15) is 12.0 Å². The molecule has 0 saturated heterocycles. The van der Waals surface area contributed by atoms with E-state index in [-0.39, 0.29) is 11.5 Å². The first kappa shape index (κ1) is 16.4. The van der Waals surface area contributed by atoms with Crippen LogP contribution in [0.1, 0.15) is 11.7 Å². The van der Waals surface area contributed by atoms with Gasteiger partial charge >= 0.3 is 0 Å². The molecule has 0 spiro atoms. The van der Waals surface area contributed by atoms with Gasteiger partial charge < -0.3 is 5.32 Å². The van der Waals surface area contributed by atoms with Crippen LogP contribution in [-0.4, -0.2) is 14.8 Å². The molecule has 0 unspecified atom stereocenters. The number of benzene rings is 3. The molecule has 1 N–H and O–H groups in total. The van der Waals surface area contributed by atoms with Crippen molar-refractivity contribution >= 4 is 5.69 Å². The molecule has 1 atom stereocenters. The maximum absolute atomic E-state index is 13.9. The fraction of sp³-hybridized carbons (Fsp3) is 0.0455. The quantitative estimate of drug-likeness (QED) is 0.578. The van der Waals surface area contributed by atoms with Crippen LogP contribution in [0.5, 0.6) is 0 Å².